The molecule has 3 unspecified atom stereocenters. The number of aromatic nitrogens is 1. The Hall–Kier alpha value is -3.47. The van der Waals surface area contributed by atoms with Crippen molar-refractivity contribution in [3.05, 3.63) is 89.2 Å². The zero-order valence-corrected chi connectivity index (χ0v) is 23.2. The fraction of sp³-hybridized carbons (Fsp3) is 0.379. The van der Waals surface area contributed by atoms with Crippen LogP contribution < -0.4 is 9.46 Å². The number of nitrogens with zero attached hydrogens (tertiary/aromatic N) is 3. The minimum absolute atomic E-state index is 0.0565. The van der Waals surface area contributed by atoms with E-state index in [0.717, 1.165) is 29.7 Å². The molecule has 2 aliphatic rings. The van der Waals surface area contributed by atoms with Crippen LogP contribution in [0.25, 0.3) is 0 Å². The largest absolute Gasteiger partial charge is 0.486 e. The van der Waals surface area contributed by atoms with E-state index in [0.29, 0.717) is 36.6 Å². The molecule has 2 aromatic carbocycles. The molecular weight excluding hydrogens is 516 g/mol. The molecule has 3 atom stereocenters. The highest BCUT2D eigenvalue weighted by molar-refractivity contribution is 7.90. The molecule has 2 aliphatic heterocycles. The van der Waals surface area contributed by atoms with Gasteiger partial charge in [0.05, 0.1) is 30.5 Å². The van der Waals surface area contributed by atoms with Crippen LogP contribution in [0.5, 0.6) is 5.75 Å². The van der Waals surface area contributed by atoms with Gasteiger partial charge in [-0.15, -0.1) is 0 Å². The summed E-state index contributed by atoms with van der Waals surface area (Å²) < 4.78 is 42.7. The second kappa shape index (κ2) is 11.3. The van der Waals surface area contributed by atoms with Crippen molar-refractivity contribution in [3.63, 3.8) is 0 Å². The molecule has 5 rings (SSSR count). The molecule has 0 saturated carbocycles. The number of pyridine rings is 1. The van der Waals surface area contributed by atoms with Gasteiger partial charge < -0.3 is 14.4 Å². The van der Waals surface area contributed by atoms with Crippen LogP contribution in [0, 0.1) is 13.8 Å². The summed E-state index contributed by atoms with van der Waals surface area (Å²) in [6, 6.07) is 17.9. The summed E-state index contributed by atoms with van der Waals surface area (Å²) in [4.78, 5) is 19.4. The number of nitrogens with one attached hydrogen (secondary N) is 1. The average Bonchev–Trinajstić information content (AvgIpc) is 3.58. The molecule has 0 bridgehead atoms. The number of amides is 1. The molecule has 0 aliphatic carbocycles. The van der Waals surface area contributed by atoms with Crippen LogP contribution >= 0.6 is 0 Å². The Balaban J connectivity index is 1.28. The smallest absolute Gasteiger partial charge is 0.302 e. The van der Waals surface area contributed by atoms with Crippen LogP contribution in [0.2, 0.25) is 0 Å². The maximum atomic E-state index is 13.3. The molecule has 1 N–H and O–H groups in total. The number of hydrogen-bond acceptors (Lipinski definition) is 6. The fourth-order valence-electron chi connectivity index (χ4n) is 5.30. The van der Waals surface area contributed by atoms with Crippen molar-refractivity contribution in [2.45, 2.75) is 44.9 Å². The average molecular weight is 551 g/mol. The molecule has 39 heavy (non-hydrogen) atoms. The number of ether oxygens (including phenoxy) is 2. The summed E-state index contributed by atoms with van der Waals surface area (Å²) in [5, 5.41) is 0. The lowest BCUT2D eigenvalue weighted by atomic mass is 10.0. The summed E-state index contributed by atoms with van der Waals surface area (Å²) in [7, 11) is -2.22. The summed E-state index contributed by atoms with van der Waals surface area (Å²) in [5.41, 5.74) is 3.76. The minimum atomic E-state index is -3.82. The first-order valence-electron chi connectivity index (χ1n) is 13.1. The van der Waals surface area contributed by atoms with Crippen molar-refractivity contribution in [2.24, 2.45) is 0 Å². The highest BCUT2D eigenvalue weighted by atomic mass is 32.2. The number of likely N-dealkylation sites (tertiary alicyclic amines) is 1. The number of aryl methyl sites for hydroxylation is 2. The number of benzene rings is 2. The van der Waals surface area contributed by atoms with E-state index in [1.807, 2.05) is 50.2 Å². The Morgan fingerprint density at radius 2 is 1.85 bits per heavy atom. The van der Waals surface area contributed by atoms with Gasteiger partial charge in [0, 0.05) is 31.5 Å². The predicted molar refractivity (Wildman–Crippen MR) is 149 cm³/mol. The number of anilines is 1. The third-order valence-corrected chi connectivity index (χ3v) is 8.89. The standard InChI is InChI=1S/C29H34N4O5S/c1-20-12-13-21(2)24(16-20)29(34)32-18-27(37-3)28(19-32)38-23-9-6-8-22(17-23)31-39(35,36)33-15-7-11-26(33)25-10-4-5-14-30-25/h4-6,8-10,12-14,16-17,26-28,31H,7,11,15,18-19H2,1-3H3. The molecule has 3 heterocycles. The van der Waals surface area contributed by atoms with Crippen molar-refractivity contribution in [3.8, 4) is 5.75 Å². The number of methoxy groups -OCH3 is 1. The van der Waals surface area contributed by atoms with Crippen molar-refractivity contribution < 1.29 is 22.7 Å². The molecule has 3 aromatic rings. The lowest BCUT2D eigenvalue weighted by Crippen LogP contribution is -2.35. The van der Waals surface area contributed by atoms with Crippen LogP contribution in [0.4, 0.5) is 5.69 Å². The quantitative estimate of drug-likeness (QED) is 0.453. The lowest BCUT2D eigenvalue weighted by Gasteiger charge is -2.24. The Morgan fingerprint density at radius 1 is 1.03 bits per heavy atom. The second-order valence-electron chi connectivity index (χ2n) is 10.1. The minimum Gasteiger partial charge on any atom is -0.486 e. The molecule has 0 radical (unpaired) electrons. The van der Waals surface area contributed by atoms with Crippen LogP contribution in [-0.2, 0) is 14.9 Å². The summed E-state index contributed by atoms with van der Waals surface area (Å²) >= 11 is 0. The summed E-state index contributed by atoms with van der Waals surface area (Å²) in [6.07, 6.45) is 2.45. The monoisotopic (exact) mass is 550 g/mol. The van der Waals surface area contributed by atoms with Gasteiger partial charge in [-0.2, -0.15) is 12.7 Å². The van der Waals surface area contributed by atoms with E-state index in [1.54, 1.807) is 42.5 Å². The van der Waals surface area contributed by atoms with E-state index < -0.39 is 16.3 Å². The highest BCUT2D eigenvalue weighted by Crippen LogP contribution is 2.34. The number of hydrogen-bond donors (Lipinski definition) is 1. The topological polar surface area (TPSA) is 101 Å². The number of rotatable bonds is 8. The van der Waals surface area contributed by atoms with Crippen molar-refractivity contribution >= 4 is 21.8 Å². The molecule has 10 heteroatoms. The lowest BCUT2D eigenvalue weighted by molar-refractivity contribution is 0.0340. The third-order valence-electron chi connectivity index (χ3n) is 7.34. The number of carbonyl (C=O) groups is 1. The van der Waals surface area contributed by atoms with Gasteiger partial charge in [-0.3, -0.25) is 14.5 Å². The Morgan fingerprint density at radius 3 is 2.62 bits per heavy atom. The van der Waals surface area contributed by atoms with Gasteiger partial charge in [0.1, 0.15) is 18.0 Å². The molecule has 0 spiro atoms. The molecule has 1 amide bonds. The second-order valence-corrected chi connectivity index (χ2v) is 11.7. The van der Waals surface area contributed by atoms with E-state index >= 15 is 0 Å². The molecule has 2 fully saturated rings. The van der Waals surface area contributed by atoms with E-state index in [2.05, 4.69) is 9.71 Å². The van der Waals surface area contributed by atoms with E-state index in [9.17, 15) is 13.2 Å². The zero-order chi connectivity index (χ0) is 27.6. The van der Waals surface area contributed by atoms with Crippen LogP contribution in [0.1, 0.15) is 46.1 Å². The zero-order valence-electron chi connectivity index (χ0n) is 22.4. The van der Waals surface area contributed by atoms with Gasteiger partial charge in [0.15, 0.2) is 0 Å². The van der Waals surface area contributed by atoms with Crippen LogP contribution in [0.15, 0.2) is 66.9 Å². The predicted octanol–water partition coefficient (Wildman–Crippen LogP) is 4.11. The van der Waals surface area contributed by atoms with Gasteiger partial charge in [-0.25, -0.2) is 0 Å². The van der Waals surface area contributed by atoms with Gasteiger partial charge in [0.2, 0.25) is 0 Å². The van der Waals surface area contributed by atoms with Crippen LogP contribution in [-0.4, -0.2) is 67.5 Å². The number of carbonyl (C=O) groups excluding carboxylic acids is 1. The van der Waals surface area contributed by atoms with Crippen molar-refractivity contribution in [1.82, 2.24) is 14.2 Å². The third kappa shape index (κ3) is 5.93. The molecule has 1 aromatic heterocycles. The molecular formula is C29H34N4O5S. The summed E-state index contributed by atoms with van der Waals surface area (Å²) in [5.74, 6) is 0.435. The molecule has 9 nitrogen and oxygen atoms in total. The Labute approximate surface area is 229 Å². The molecule has 206 valence electrons. The van der Waals surface area contributed by atoms with E-state index in [1.165, 1.54) is 4.31 Å². The maximum Gasteiger partial charge on any atom is 0.302 e. The van der Waals surface area contributed by atoms with E-state index in [-0.39, 0.29) is 18.1 Å². The summed E-state index contributed by atoms with van der Waals surface area (Å²) in [6.45, 7) is 5.09. The van der Waals surface area contributed by atoms with Gasteiger partial charge in [-0.1, -0.05) is 29.8 Å². The Kier molecular flexibility index (Phi) is 7.88. The first-order valence-corrected chi connectivity index (χ1v) is 14.6. The SMILES string of the molecule is COC1CN(C(=O)c2cc(C)ccc2C)CC1Oc1cccc(NS(=O)(=O)N2CCCC2c2ccccn2)c1. The fourth-order valence-corrected chi connectivity index (χ4v) is 6.76. The van der Waals surface area contributed by atoms with Gasteiger partial charge in [0.25, 0.3) is 5.91 Å². The molecule has 2 saturated heterocycles. The van der Waals surface area contributed by atoms with Gasteiger partial charge in [-0.05, 0) is 62.6 Å². The first kappa shape index (κ1) is 27.1. The first-order chi connectivity index (χ1) is 18.7. The van der Waals surface area contributed by atoms with Crippen molar-refractivity contribution in [1.29, 1.82) is 0 Å². The maximum absolute atomic E-state index is 13.3. The van der Waals surface area contributed by atoms with Gasteiger partial charge >= 0.3 is 10.2 Å². The van der Waals surface area contributed by atoms with Crippen LogP contribution in [0.3, 0.4) is 0 Å². The Bertz CT molecular complexity index is 1430. The van der Waals surface area contributed by atoms with Crippen molar-refractivity contribution in [2.75, 3.05) is 31.5 Å². The van der Waals surface area contributed by atoms with E-state index in [4.69, 9.17) is 9.47 Å². The normalized spacial score (nSPS) is 21.7. The highest BCUT2D eigenvalue weighted by Gasteiger charge is 2.38.